The third-order valence-corrected chi connectivity index (χ3v) is 6.05. The van der Waals surface area contributed by atoms with Crippen molar-refractivity contribution in [2.75, 3.05) is 24.4 Å². The lowest BCUT2D eigenvalue weighted by Gasteiger charge is -2.33. The van der Waals surface area contributed by atoms with Crippen molar-refractivity contribution in [2.45, 2.75) is 25.9 Å². The third kappa shape index (κ3) is 3.01. The first kappa shape index (κ1) is 20.4. The molecule has 0 radical (unpaired) electrons. The molecule has 0 spiro atoms. The van der Waals surface area contributed by atoms with E-state index in [1.54, 1.807) is 13.2 Å². The molecule has 0 saturated heterocycles. The number of nitrogens with one attached hydrogen (secondary N) is 1. The van der Waals surface area contributed by atoms with Crippen molar-refractivity contribution in [2.24, 2.45) is 0 Å². The molecular weight excluding hydrogens is 410 g/mol. The summed E-state index contributed by atoms with van der Waals surface area (Å²) in [6.07, 6.45) is 2.20. The van der Waals surface area contributed by atoms with E-state index in [1.165, 1.54) is 7.11 Å². The number of nitrogens with zero attached hydrogens (tertiary/aromatic N) is 1. The first-order valence-corrected chi connectivity index (χ1v) is 10.4. The van der Waals surface area contributed by atoms with Crippen LogP contribution in [-0.4, -0.2) is 19.8 Å². The molecule has 0 aromatic heterocycles. The molecule has 3 aromatic rings. The highest BCUT2D eigenvalue weighted by Gasteiger charge is 2.37. The fraction of sp³-hybridized carbons (Fsp3) is 0.231. The average Bonchev–Trinajstić information content (AvgIpc) is 3.14. The number of methoxy groups -OCH3 is 2. The van der Waals surface area contributed by atoms with Crippen LogP contribution in [0.4, 0.5) is 20.2 Å². The maximum absolute atomic E-state index is 14.5. The van der Waals surface area contributed by atoms with E-state index in [0.717, 1.165) is 45.6 Å². The van der Waals surface area contributed by atoms with E-state index in [0.29, 0.717) is 12.1 Å². The van der Waals surface area contributed by atoms with Gasteiger partial charge in [0.15, 0.2) is 11.6 Å². The van der Waals surface area contributed by atoms with Gasteiger partial charge in [-0.2, -0.15) is 4.39 Å². The summed E-state index contributed by atoms with van der Waals surface area (Å²) in [7, 11) is 3.02. The summed E-state index contributed by atoms with van der Waals surface area (Å²) in [4.78, 5) is 2.21. The zero-order chi connectivity index (χ0) is 22.6. The van der Waals surface area contributed by atoms with Crippen molar-refractivity contribution < 1.29 is 18.3 Å². The quantitative estimate of drug-likeness (QED) is 0.529. The highest BCUT2D eigenvalue weighted by molar-refractivity contribution is 5.98. The van der Waals surface area contributed by atoms with E-state index in [4.69, 9.17) is 9.47 Å². The Kier molecular flexibility index (Phi) is 4.62. The zero-order valence-electron chi connectivity index (χ0n) is 18.4. The number of hydrogen-bond donors (Lipinski definition) is 1. The Morgan fingerprint density at radius 2 is 1.69 bits per heavy atom. The maximum Gasteiger partial charge on any atom is 0.201 e. The predicted octanol–water partition coefficient (Wildman–Crippen LogP) is 6.21. The van der Waals surface area contributed by atoms with Gasteiger partial charge in [0, 0.05) is 29.1 Å². The Balaban J connectivity index is 1.75. The maximum atomic E-state index is 14.5. The van der Waals surface area contributed by atoms with Crippen molar-refractivity contribution in [3.8, 4) is 22.6 Å². The predicted molar refractivity (Wildman–Crippen MR) is 123 cm³/mol. The lowest BCUT2D eigenvalue weighted by Crippen LogP contribution is -2.33. The standard InChI is InChI=1S/C26H24F2N2O2/c1-26(2)13-21-23-17(14-30(21)20-7-5-6-8-22(20)31-3)15(10-12-19(23)29-26)16-9-11-18(27)24(28)25(16)32-4/h5-13,29H,14H2,1-4H3. The monoisotopic (exact) mass is 434 g/mol. The molecule has 0 amide bonds. The molecule has 0 aliphatic carbocycles. The van der Waals surface area contributed by atoms with Gasteiger partial charge >= 0.3 is 0 Å². The Morgan fingerprint density at radius 3 is 2.44 bits per heavy atom. The normalized spacial score (nSPS) is 15.7. The van der Waals surface area contributed by atoms with Gasteiger partial charge in [-0.3, -0.25) is 0 Å². The number of hydrogen-bond acceptors (Lipinski definition) is 4. The number of anilines is 2. The molecule has 5 rings (SSSR count). The molecule has 3 aromatic carbocycles. The van der Waals surface area contributed by atoms with Crippen LogP contribution in [0.5, 0.6) is 11.5 Å². The second kappa shape index (κ2) is 7.26. The van der Waals surface area contributed by atoms with E-state index in [2.05, 4.69) is 30.1 Å². The fourth-order valence-electron chi connectivity index (χ4n) is 4.73. The van der Waals surface area contributed by atoms with Gasteiger partial charge in [0.2, 0.25) is 5.82 Å². The van der Waals surface area contributed by atoms with Crippen LogP contribution in [0.15, 0.2) is 54.6 Å². The summed E-state index contributed by atoms with van der Waals surface area (Å²) in [5, 5.41) is 3.58. The molecule has 0 unspecified atom stereocenters. The molecule has 2 aliphatic rings. The zero-order valence-corrected chi connectivity index (χ0v) is 18.4. The first-order chi connectivity index (χ1) is 15.3. The Bertz CT molecular complexity index is 1270. The molecule has 2 aliphatic heterocycles. The molecule has 4 nitrogen and oxygen atoms in total. The molecule has 1 N–H and O–H groups in total. The van der Waals surface area contributed by atoms with Gasteiger partial charge in [0.05, 0.1) is 25.4 Å². The van der Waals surface area contributed by atoms with Gasteiger partial charge in [-0.25, -0.2) is 4.39 Å². The second-order valence-corrected chi connectivity index (χ2v) is 8.59. The largest absolute Gasteiger partial charge is 0.495 e. The minimum absolute atomic E-state index is 0.0911. The highest BCUT2D eigenvalue weighted by Crippen LogP contribution is 2.51. The van der Waals surface area contributed by atoms with Gasteiger partial charge in [-0.15, -0.1) is 0 Å². The Hall–Kier alpha value is -3.54. The van der Waals surface area contributed by atoms with Crippen LogP contribution in [-0.2, 0) is 6.54 Å². The number of rotatable bonds is 4. The van der Waals surface area contributed by atoms with Crippen LogP contribution in [0.1, 0.15) is 25.0 Å². The fourth-order valence-corrected chi connectivity index (χ4v) is 4.73. The van der Waals surface area contributed by atoms with Gasteiger partial charge in [-0.1, -0.05) is 18.2 Å². The summed E-state index contributed by atoms with van der Waals surface area (Å²) in [6.45, 7) is 4.80. The van der Waals surface area contributed by atoms with Crippen LogP contribution in [0, 0.1) is 11.6 Å². The van der Waals surface area contributed by atoms with Crippen molar-refractivity contribution in [3.63, 3.8) is 0 Å². The van der Waals surface area contributed by atoms with Crippen LogP contribution < -0.4 is 19.7 Å². The highest BCUT2D eigenvalue weighted by atomic mass is 19.2. The lowest BCUT2D eigenvalue weighted by molar-refractivity contribution is 0.373. The average molecular weight is 434 g/mol. The van der Waals surface area contributed by atoms with Gasteiger partial charge in [0.25, 0.3) is 0 Å². The molecule has 164 valence electrons. The summed E-state index contributed by atoms with van der Waals surface area (Å²) >= 11 is 0. The van der Waals surface area contributed by atoms with Crippen LogP contribution in [0.25, 0.3) is 16.8 Å². The molecule has 0 fully saturated rings. The summed E-state index contributed by atoms with van der Waals surface area (Å²) in [5.41, 5.74) is 6.16. The minimum atomic E-state index is -0.982. The third-order valence-electron chi connectivity index (χ3n) is 6.05. The van der Waals surface area contributed by atoms with Crippen molar-refractivity contribution in [3.05, 3.63) is 77.4 Å². The molecule has 6 heteroatoms. The Morgan fingerprint density at radius 1 is 0.938 bits per heavy atom. The molecule has 0 bridgehead atoms. The topological polar surface area (TPSA) is 33.7 Å². The number of para-hydroxylation sites is 2. The van der Waals surface area contributed by atoms with E-state index < -0.39 is 11.6 Å². The van der Waals surface area contributed by atoms with Crippen LogP contribution in [0.2, 0.25) is 0 Å². The molecule has 32 heavy (non-hydrogen) atoms. The second-order valence-electron chi connectivity index (χ2n) is 8.59. The van der Waals surface area contributed by atoms with Crippen molar-refractivity contribution >= 4 is 17.1 Å². The van der Waals surface area contributed by atoms with Gasteiger partial charge < -0.3 is 19.7 Å². The van der Waals surface area contributed by atoms with Gasteiger partial charge in [0.1, 0.15) is 5.75 Å². The van der Waals surface area contributed by atoms with E-state index in [9.17, 15) is 8.78 Å². The van der Waals surface area contributed by atoms with Crippen LogP contribution in [0.3, 0.4) is 0 Å². The molecular formula is C26H24F2N2O2. The summed E-state index contributed by atoms with van der Waals surface area (Å²) < 4.78 is 39.3. The first-order valence-electron chi connectivity index (χ1n) is 10.4. The van der Waals surface area contributed by atoms with Crippen molar-refractivity contribution in [1.82, 2.24) is 0 Å². The SMILES string of the molecule is COc1ccccc1N1Cc2c(-c3ccc(F)c(F)c3OC)ccc3c2C1=CC(C)(C)N3. The smallest absolute Gasteiger partial charge is 0.201 e. The summed E-state index contributed by atoms with van der Waals surface area (Å²) in [6, 6.07) is 14.5. The molecule has 2 heterocycles. The Labute approximate surface area is 186 Å². The number of ether oxygens (including phenoxy) is 2. The van der Waals surface area contributed by atoms with E-state index >= 15 is 0 Å². The molecule has 0 saturated carbocycles. The van der Waals surface area contributed by atoms with Crippen LogP contribution >= 0.6 is 0 Å². The number of benzene rings is 3. The minimum Gasteiger partial charge on any atom is -0.495 e. The van der Waals surface area contributed by atoms with E-state index in [1.807, 2.05) is 36.4 Å². The van der Waals surface area contributed by atoms with Gasteiger partial charge in [-0.05, 0) is 61.4 Å². The molecule has 0 atom stereocenters. The number of halogens is 2. The van der Waals surface area contributed by atoms with E-state index in [-0.39, 0.29) is 11.3 Å². The lowest BCUT2D eigenvalue weighted by atomic mass is 9.89. The van der Waals surface area contributed by atoms with Crippen molar-refractivity contribution in [1.29, 1.82) is 0 Å². The summed E-state index contributed by atoms with van der Waals surface area (Å²) in [5.74, 6) is -1.23.